The first-order chi connectivity index (χ1) is 14.1. The normalized spacial score (nSPS) is 12.3. The van der Waals surface area contributed by atoms with Crippen LogP contribution in [0, 0.1) is 0 Å². The number of sulfonamides is 1. The van der Waals surface area contributed by atoms with Crippen LogP contribution in [0.25, 0.3) is 0 Å². The second kappa shape index (κ2) is 12.9. The molecule has 172 valence electrons. The SMILES string of the molecule is CCCCCCCCCCCCNS(=O)(=O)c1ccc(C(F)(F)F)cc1CC(=O)O. The van der Waals surface area contributed by atoms with E-state index in [-0.39, 0.29) is 12.1 Å². The van der Waals surface area contributed by atoms with E-state index in [1.54, 1.807) is 0 Å². The molecule has 0 atom stereocenters. The molecule has 0 unspecified atom stereocenters. The van der Waals surface area contributed by atoms with Crippen LogP contribution in [0.2, 0.25) is 0 Å². The lowest BCUT2D eigenvalue weighted by Gasteiger charge is -2.14. The molecule has 0 saturated carbocycles. The van der Waals surface area contributed by atoms with Crippen molar-refractivity contribution in [1.29, 1.82) is 0 Å². The molecule has 0 heterocycles. The Hall–Kier alpha value is -1.61. The zero-order valence-corrected chi connectivity index (χ0v) is 18.2. The lowest BCUT2D eigenvalue weighted by Crippen LogP contribution is -2.26. The van der Waals surface area contributed by atoms with E-state index in [0.29, 0.717) is 18.6 Å². The quantitative estimate of drug-likeness (QED) is 0.343. The van der Waals surface area contributed by atoms with E-state index in [1.807, 2.05) is 0 Å². The minimum atomic E-state index is -4.68. The Kier molecular flexibility index (Phi) is 11.4. The van der Waals surface area contributed by atoms with Crippen molar-refractivity contribution < 1.29 is 31.5 Å². The molecular formula is C21H32F3NO4S. The van der Waals surface area contributed by atoms with Gasteiger partial charge in [0, 0.05) is 6.54 Å². The van der Waals surface area contributed by atoms with Crippen LogP contribution in [0.3, 0.4) is 0 Å². The van der Waals surface area contributed by atoms with Gasteiger partial charge in [0.05, 0.1) is 16.9 Å². The Balaban J connectivity index is 2.52. The molecule has 0 spiro atoms. The molecule has 1 aromatic carbocycles. The Morgan fingerprint density at radius 2 is 1.50 bits per heavy atom. The van der Waals surface area contributed by atoms with Gasteiger partial charge in [-0.3, -0.25) is 4.79 Å². The van der Waals surface area contributed by atoms with Crippen molar-refractivity contribution in [3.63, 3.8) is 0 Å². The lowest BCUT2D eigenvalue weighted by atomic mass is 10.1. The highest BCUT2D eigenvalue weighted by Gasteiger charge is 2.32. The van der Waals surface area contributed by atoms with E-state index < -0.39 is 39.0 Å². The van der Waals surface area contributed by atoms with Gasteiger partial charge in [0.1, 0.15) is 0 Å². The summed E-state index contributed by atoms with van der Waals surface area (Å²) >= 11 is 0. The Morgan fingerprint density at radius 1 is 0.967 bits per heavy atom. The highest BCUT2D eigenvalue weighted by Crippen LogP contribution is 2.31. The van der Waals surface area contributed by atoms with Gasteiger partial charge in [-0.15, -0.1) is 0 Å². The van der Waals surface area contributed by atoms with Gasteiger partial charge in [0.25, 0.3) is 0 Å². The molecule has 0 aromatic heterocycles. The average molecular weight is 452 g/mol. The Morgan fingerprint density at radius 3 is 2.00 bits per heavy atom. The van der Waals surface area contributed by atoms with Crippen molar-refractivity contribution in [1.82, 2.24) is 4.72 Å². The van der Waals surface area contributed by atoms with Gasteiger partial charge in [-0.1, -0.05) is 64.7 Å². The number of unbranched alkanes of at least 4 members (excludes halogenated alkanes) is 9. The topological polar surface area (TPSA) is 83.5 Å². The lowest BCUT2D eigenvalue weighted by molar-refractivity contribution is -0.138. The molecule has 0 amide bonds. The zero-order valence-electron chi connectivity index (χ0n) is 17.4. The van der Waals surface area contributed by atoms with Crippen LogP contribution >= 0.6 is 0 Å². The summed E-state index contributed by atoms with van der Waals surface area (Å²) in [5.41, 5.74) is -1.46. The fraction of sp³-hybridized carbons (Fsp3) is 0.667. The molecule has 0 aliphatic carbocycles. The van der Waals surface area contributed by atoms with E-state index >= 15 is 0 Å². The standard InChI is InChI=1S/C21H32F3NO4S/c1-2-3-4-5-6-7-8-9-10-11-14-25-30(28,29)19-13-12-18(21(22,23)24)15-17(19)16-20(26)27/h12-13,15,25H,2-11,14,16H2,1H3,(H,26,27). The van der Waals surface area contributed by atoms with E-state index in [1.165, 1.54) is 38.5 Å². The molecule has 0 radical (unpaired) electrons. The third-order valence-corrected chi connectivity index (χ3v) is 6.40. The number of hydrogen-bond acceptors (Lipinski definition) is 3. The maximum atomic E-state index is 12.9. The van der Waals surface area contributed by atoms with Gasteiger partial charge in [-0.2, -0.15) is 13.2 Å². The predicted octanol–water partition coefficient (Wildman–Crippen LogP) is 5.53. The third-order valence-electron chi connectivity index (χ3n) is 4.84. The molecule has 0 aliphatic rings. The number of carboxylic acids is 1. The zero-order chi connectivity index (χ0) is 22.6. The molecule has 2 N–H and O–H groups in total. The summed E-state index contributed by atoms with van der Waals surface area (Å²) in [4.78, 5) is 10.5. The molecule has 0 aliphatic heterocycles. The largest absolute Gasteiger partial charge is 0.481 e. The van der Waals surface area contributed by atoms with Crippen LogP contribution in [0.5, 0.6) is 0 Å². The maximum absolute atomic E-state index is 12.9. The average Bonchev–Trinajstić information content (AvgIpc) is 2.64. The summed E-state index contributed by atoms with van der Waals surface area (Å²) in [6.07, 6.45) is 5.47. The highest BCUT2D eigenvalue weighted by atomic mass is 32.2. The molecule has 0 fully saturated rings. The molecule has 1 rings (SSSR count). The summed E-state index contributed by atoms with van der Waals surface area (Å²) in [7, 11) is -4.09. The minimum absolute atomic E-state index is 0.159. The number of benzene rings is 1. The Labute approximate surface area is 177 Å². The smallest absolute Gasteiger partial charge is 0.416 e. The van der Waals surface area contributed by atoms with Crippen molar-refractivity contribution in [2.75, 3.05) is 6.54 Å². The minimum Gasteiger partial charge on any atom is -0.481 e. The first-order valence-corrected chi connectivity index (χ1v) is 12.0. The highest BCUT2D eigenvalue weighted by molar-refractivity contribution is 7.89. The van der Waals surface area contributed by atoms with Gasteiger partial charge >= 0.3 is 12.1 Å². The number of hydrogen-bond donors (Lipinski definition) is 2. The number of halogens is 3. The second-order valence-corrected chi connectivity index (χ2v) is 9.21. The maximum Gasteiger partial charge on any atom is 0.416 e. The molecule has 0 bridgehead atoms. The van der Waals surface area contributed by atoms with Gasteiger partial charge < -0.3 is 5.11 Å². The van der Waals surface area contributed by atoms with Gasteiger partial charge in [0.2, 0.25) is 10.0 Å². The van der Waals surface area contributed by atoms with Crippen molar-refractivity contribution in [3.05, 3.63) is 29.3 Å². The van der Waals surface area contributed by atoms with Crippen molar-refractivity contribution in [3.8, 4) is 0 Å². The summed E-state index contributed by atoms with van der Waals surface area (Å²) in [6, 6.07) is 2.06. The number of carbonyl (C=O) groups is 1. The first kappa shape index (κ1) is 26.4. The molecule has 0 saturated heterocycles. The van der Waals surface area contributed by atoms with E-state index in [0.717, 1.165) is 25.3 Å². The predicted molar refractivity (Wildman–Crippen MR) is 110 cm³/mol. The van der Waals surface area contributed by atoms with Crippen LogP contribution < -0.4 is 4.72 Å². The van der Waals surface area contributed by atoms with E-state index in [4.69, 9.17) is 5.11 Å². The molecule has 5 nitrogen and oxygen atoms in total. The Bertz CT molecular complexity index is 764. The number of rotatable bonds is 15. The van der Waals surface area contributed by atoms with Crippen LogP contribution in [-0.4, -0.2) is 26.0 Å². The second-order valence-electron chi connectivity index (χ2n) is 7.47. The van der Waals surface area contributed by atoms with Gasteiger partial charge in [-0.25, -0.2) is 13.1 Å². The third kappa shape index (κ3) is 9.93. The van der Waals surface area contributed by atoms with Crippen LogP contribution in [0.1, 0.15) is 82.3 Å². The molecular weight excluding hydrogens is 419 g/mol. The monoisotopic (exact) mass is 451 g/mol. The summed E-state index contributed by atoms with van der Waals surface area (Å²) in [5.74, 6) is -1.40. The van der Waals surface area contributed by atoms with Crippen molar-refractivity contribution in [2.24, 2.45) is 0 Å². The summed E-state index contributed by atoms with van der Waals surface area (Å²) in [5, 5.41) is 8.93. The van der Waals surface area contributed by atoms with Crippen LogP contribution in [-0.2, 0) is 27.4 Å². The number of alkyl halides is 3. The van der Waals surface area contributed by atoms with Crippen molar-refractivity contribution >= 4 is 16.0 Å². The number of aliphatic carboxylic acids is 1. The fourth-order valence-electron chi connectivity index (χ4n) is 3.22. The van der Waals surface area contributed by atoms with Gasteiger partial charge in [0.15, 0.2) is 0 Å². The number of carboxylic acid groups (broad SMARTS) is 1. The molecule has 1 aromatic rings. The first-order valence-electron chi connectivity index (χ1n) is 10.5. The fourth-order valence-corrected chi connectivity index (χ4v) is 4.51. The van der Waals surface area contributed by atoms with Crippen molar-refractivity contribution in [2.45, 2.75) is 88.6 Å². The summed E-state index contributed by atoms with van der Waals surface area (Å²) < 4.78 is 65.9. The van der Waals surface area contributed by atoms with Crippen LogP contribution in [0.15, 0.2) is 23.1 Å². The molecule has 30 heavy (non-hydrogen) atoms. The number of nitrogens with one attached hydrogen (secondary N) is 1. The van der Waals surface area contributed by atoms with E-state index in [2.05, 4.69) is 11.6 Å². The molecule has 9 heteroatoms. The summed E-state index contributed by atoms with van der Waals surface area (Å²) in [6.45, 7) is 2.34. The van der Waals surface area contributed by atoms with Crippen LogP contribution in [0.4, 0.5) is 13.2 Å². The van der Waals surface area contributed by atoms with E-state index in [9.17, 15) is 26.4 Å². The van der Waals surface area contributed by atoms with Gasteiger partial charge in [-0.05, 0) is 30.2 Å².